The highest BCUT2D eigenvalue weighted by Gasteiger charge is 2.20. The molecule has 4 heteroatoms. The summed E-state index contributed by atoms with van der Waals surface area (Å²) in [6.45, 7) is 13.2. The Balaban J connectivity index is 2.23. The van der Waals surface area contributed by atoms with Crippen molar-refractivity contribution < 1.29 is 4.79 Å². The average molecular weight is 351 g/mol. The summed E-state index contributed by atoms with van der Waals surface area (Å²) in [6.07, 6.45) is 1.69. The number of hydrazone groups is 1. The number of nitrogens with one attached hydrogen (secondary N) is 1. The summed E-state index contributed by atoms with van der Waals surface area (Å²) in [5.74, 6) is -0.260. The van der Waals surface area contributed by atoms with E-state index in [9.17, 15) is 4.79 Å². The van der Waals surface area contributed by atoms with Gasteiger partial charge in [-0.05, 0) is 63.9 Å². The van der Waals surface area contributed by atoms with Gasteiger partial charge >= 0.3 is 0 Å². The largest absolute Gasteiger partial charge is 0.399 e. The first-order valence-electron chi connectivity index (χ1n) is 8.82. The monoisotopic (exact) mass is 351 g/mol. The Hall–Kier alpha value is -2.62. The summed E-state index contributed by atoms with van der Waals surface area (Å²) >= 11 is 0. The minimum Gasteiger partial charge on any atom is -0.399 e. The van der Waals surface area contributed by atoms with Crippen LogP contribution >= 0.6 is 0 Å². The molecule has 1 amide bonds. The van der Waals surface area contributed by atoms with Crippen LogP contribution in [0.5, 0.6) is 0 Å². The van der Waals surface area contributed by atoms with Crippen LogP contribution in [0.4, 0.5) is 5.69 Å². The lowest BCUT2D eigenvalue weighted by Crippen LogP contribution is -2.18. The predicted octanol–water partition coefficient (Wildman–Crippen LogP) is 4.63. The predicted molar refractivity (Wildman–Crippen MR) is 110 cm³/mol. The minimum absolute atomic E-state index is 0.0388. The molecule has 0 atom stereocenters. The van der Waals surface area contributed by atoms with E-state index >= 15 is 0 Å². The molecule has 0 fully saturated rings. The van der Waals surface area contributed by atoms with Crippen LogP contribution in [0.1, 0.15) is 68.6 Å². The standard InChI is InChI=1S/C22H29N3O/c1-21(2,3)17-11-15(12-18(13-17)22(4,5)6)14-24-25-20(26)16-7-9-19(23)10-8-16/h7-14H,23H2,1-6H3,(H,25,26). The van der Waals surface area contributed by atoms with Crippen molar-refractivity contribution in [3.05, 3.63) is 64.7 Å². The van der Waals surface area contributed by atoms with Crippen LogP contribution in [0.3, 0.4) is 0 Å². The van der Waals surface area contributed by atoms with Gasteiger partial charge in [0.1, 0.15) is 0 Å². The fourth-order valence-corrected chi connectivity index (χ4v) is 2.46. The zero-order valence-electron chi connectivity index (χ0n) is 16.6. The Morgan fingerprint density at radius 2 is 1.42 bits per heavy atom. The summed E-state index contributed by atoms with van der Waals surface area (Å²) < 4.78 is 0. The van der Waals surface area contributed by atoms with Gasteiger partial charge in [-0.25, -0.2) is 5.43 Å². The van der Waals surface area contributed by atoms with Gasteiger partial charge in [0.25, 0.3) is 5.91 Å². The van der Waals surface area contributed by atoms with Crippen LogP contribution in [0.15, 0.2) is 47.6 Å². The van der Waals surface area contributed by atoms with Crippen molar-refractivity contribution >= 4 is 17.8 Å². The molecule has 2 aromatic rings. The van der Waals surface area contributed by atoms with Crippen molar-refractivity contribution in [3.8, 4) is 0 Å². The topological polar surface area (TPSA) is 67.5 Å². The van der Waals surface area contributed by atoms with Crippen LogP contribution in [0, 0.1) is 0 Å². The van der Waals surface area contributed by atoms with E-state index in [2.05, 4.69) is 70.3 Å². The van der Waals surface area contributed by atoms with Gasteiger partial charge < -0.3 is 5.73 Å². The van der Waals surface area contributed by atoms with E-state index in [4.69, 9.17) is 5.73 Å². The number of anilines is 1. The first-order valence-corrected chi connectivity index (χ1v) is 8.82. The fraction of sp³-hybridized carbons (Fsp3) is 0.364. The Morgan fingerprint density at radius 1 is 0.923 bits per heavy atom. The second-order valence-corrected chi connectivity index (χ2v) is 8.66. The molecule has 0 bridgehead atoms. The maximum absolute atomic E-state index is 12.1. The Labute approximate surface area is 156 Å². The molecule has 0 aliphatic heterocycles. The maximum Gasteiger partial charge on any atom is 0.271 e. The Bertz CT molecular complexity index is 775. The van der Waals surface area contributed by atoms with Crippen LogP contribution in [-0.4, -0.2) is 12.1 Å². The third kappa shape index (κ3) is 5.19. The highest BCUT2D eigenvalue weighted by Crippen LogP contribution is 2.29. The van der Waals surface area contributed by atoms with Gasteiger partial charge in [-0.2, -0.15) is 5.10 Å². The second kappa shape index (κ2) is 7.32. The zero-order chi connectivity index (χ0) is 19.5. The quantitative estimate of drug-likeness (QED) is 0.481. The molecule has 0 spiro atoms. The number of amides is 1. The molecule has 138 valence electrons. The molecule has 0 heterocycles. The van der Waals surface area contributed by atoms with E-state index in [-0.39, 0.29) is 16.7 Å². The molecule has 0 aliphatic carbocycles. The van der Waals surface area contributed by atoms with Crippen molar-refractivity contribution in [2.45, 2.75) is 52.4 Å². The summed E-state index contributed by atoms with van der Waals surface area (Å²) in [7, 11) is 0. The number of carbonyl (C=O) groups is 1. The number of hydrogen-bond acceptors (Lipinski definition) is 3. The Morgan fingerprint density at radius 3 is 1.88 bits per heavy atom. The normalized spacial score (nSPS) is 12.4. The molecule has 3 N–H and O–H groups in total. The molecule has 0 aliphatic rings. The third-order valence-corrected chi connectivity index (χ3v) is 4.24. The van der Waals surface area contributed by atoms with E-state index in [1.54, 1.807) is 30.5 Å². The van der Waals surface area contributed by atoms with Gasteiger partial charge in [0.2, 0.25) is 0 Å². The van der Waals surface area contributed by atoms with Crippen LogP contribution in [-0.2, 0) is 10.8 Å². The van der Waals surface area contributed by atoms with Crippen LogP contribution in [0.25, 0.3) is 0 Å². The molecule has 0 unspecified atom stereocenters. The summed E-state index contributed by atoms with van der Waals surface area (Å²) in [5.41, 5.74) is 12.9. The number of nitrogen functional groups attached to an aromatic ring is 1. The molecule has 0 aromatic heterocycles. The van der Waals surface area contributed by atoms with Gasteiger partial charge in [0.05, 0.1) is 6.21 Å². The highest BCUT2D eigenvalue weighted by atomic mass is 16.2. The van der Waals surface area contributed by atoms with Gasteiger partial charge in [-0.3, -0.25) is 4.79 Å². The zero-order valence-corrected chi connectivity index (χ0v) is 16.6. The lowest BCUT2D eigenvalue weighted by atomic mass is 9.80. The number of carbonyl (C=O) groups excluding carboxylic acids is 1. The number of nitrogens with two attached hydrogens (primary N) is 1. The van der Waals surface area contributed by atoms with Gasteiger partial charge in [0, 0.05) is 11.3 Å². The van der Waals surface area contributed by atoms with Crippen LogP contribution in [0.2, 0.25) is 0 Å². The molecular formula is C22H29N3O. The number of benzene rings is 2. The van der Waals surface area contributed by atoms with Gasteiger partial charge in [-0.1, -0.05) is 47.6 Å². The van der Waals surface area contributed by atoms with E-state index in [1.807, 2.05) is 0 Å². The average Bonchev–Trinajstić information content (AvgIpc) is 2.53. The molecule has 0 saturated carbocycles. The lowest BCUT2D eigenvalue weighted by Gasteiger charge is -2.25. The number of nitrogens with zero attached hydrogens (tertiary/aromatic N) is 1. The maximum atomic E-state index is 12.1. The molecule has 0 saturated heterocycles. The summed E-state index contributed by atoms with van der Waals surface area (Å²) in [6, 6.07) is 13.2. The SMILES string of the molecule is CC(C)(C)c1cc(C=NNC(=O)c2ccc(N)cc2)cc(C(C)(C)C)c1. The lowest BCUT2D eigenvalue weighted by molar-refractivity contribution is 0.0955. The van der Waals surface area contributed by atoms with Crippen LogP contribution < -0.4 is 11.2 Å². The van der Waals surface area contributed by atoms with Crippen molar-refractivity contribution in [2.24, 2.45) is 5.10 Å². The number of hydrogen-bond donors (Lipinski definition) is 2. The van der Waals surface area contributed by atoms with E-state index in [0.29, 0.717) is 11.3 Å². The van der Waals surface area contributed by atoms with E-state index in [1.165, 1.54) is 11.1 Å². The highest BCUT2D eigenvalue weighted by molar-refractivity contribution is 5.95. The third-order valence-electron chi connectivity index (χ3n) is 4.24. The molecule has 0 radical (unpaired) electrons. The smallest absolute Gasteiger partial charge is 0.271 e. The van der Waals surface area contributed by atoms with E-state index in [0.717, 1.165) is 5.56 Å². The Kier molecular flexibility index (Phi) is 5.55. The summed E-state index contributed by atoms with van der Waals surface area (Å²) in [5, 5.41) is 4.13. The minimum atomic E-state index is -0.260. The molecule has 2 rings (SSSR count). The van der Waals surface area contributed by atoms with Gasteiger partial charge in [-0.15, -0.1) is 0 Å². The van der Waals surface area contributed by atoms with Crippen molar-refractivity contribution in [2.75, 3.05) is 5.73 Å². The van der Waals surface area contributed by atoms with Crippen molar-refractivity contribution in [1.29, 1.82) is 0 Å². The molecular weight excluding hydrogens is 322 g/mol. The van der Waals surface area contributed by atoms with Gasteiger partial charge in [0.15, 0.2) is 0 Å². The molecule has 26 heavy (non-hydrogen) atoms. The second-order valence-electron chi connectivity index (χ2n) is 8.66. The van der Waals surface area contributed by atoms with E-state index < -0.39 is 0 Å². The van der Waals surface area contributed by atoms with Crippen molar-refractivity contribution in [1.82, 2.24) is 5.43 Å². The van der Waals surface area contributed by atoms with Crippen molar-refractivity contribution in [3.63, 3.8) is 0 Å². The molecule has 2 aromatic carbocycles. The first kappa shape index (κ1) is 19.7. The summed E-state index contributed by atoms with van der Waals surface area (Å²) in [4.78, 5) is 12.1. The molecule has 4 nitrogen and oxygen atoms in total. The first-order chi connectivity index (χ1) is 12.0. The number of rotatable bonds is 3. The fourth-order valence-electron chi connectivity index (χ4n) is 2.46.